The van der Waals surface area contributed by atoms with Crippen molar-refractivity contribution in [2.45, 2.75) is 13.2 Å². The highest BCUT2D eigenvalue weighted by atomic mass is 19.3. The summed E-state index contributed by atoms with van der Waals surface area (Å²) in [6.07, 6.45) is 1.56. The summed E-state index contributed by atoms with van der Waals surface area (Å²) in [4.78, 5) is 13.7. The number of carbonyl (C=O) groups is 1. The molecule has 2 rings (SSSR count). The van der Waals surface area contributed by atoms with E-state index in [2.05, 4.69) is 10.1 Å². The molecule has 0 bridgehead atoms. The first kappa shape index (κ1) is 16.0. The number of amides is 1. The summed E-state index contributed by atoms with van der Waals surface area (Å²) in [5.74, 6) is 0.329. The number of ether oxygens (including phenoxy) is 1. The van der Waals surface area contributed by atoms with E-state index in [0.717, 1.165) is 5.76 Å². The van der Waals surface area contributed by atoms with E-state index in [1.165, 1.54) is 12.1 Å². The molecule has 0 saturated heterocycles. The van der Waals surface area contributed by atoms with E-state index in [1.54, 1.807) is 42.5 Å². The summed E-state index contributed by atoms with van der Waals surface area (Å²) in [6.45, 7) is -2.39. The van der Waals surface area contributed by atoms with Gasteiger partial charge in [0.2, 0.25) is 5.91 Å². The first-order chi connectivity index (χ1) is 10.5. The molecule has 1 aromatic carbocycles. The maximum atomic E-state index is 12.3. The summed E-state index contributed by atoms with van der Waals surface area (Å²) < 4.78 is 34.2. The van der Waals surface area contributed by atoms with Crippen molar-refractivity contribution in [3.63, 3.8) is 0 Å². The minimum Gasteiger partial charge on any atom is -0.468 e. The van der Waals surface area contributed by atoms with Gasteiger partial charge in [0, 0.05) is 0 Å². The van der Waals surface area contributed by atoms with Gasteiger partial charge in [-0.15, -0.1) is 0 Å². The van der Waals surface area contributed by atoms with Gasteiger partial charge in [-0.05, 0) is 31.3 Å². The summed E-state index contributed by atoms with van der Waals surface area (Å²) in [6, 6.07) is 9.62. The predicted molar refractivity (Wildman–Crippen MR) is 76.7 cm³/mol. The Hall–Kier alpha value is -2.41. The lowest BCUT2D eigenvalue weighted by atomic mass is 10.3. The van der Waals surface area contributed by atoms with Gasteiger partial charge in [-0.3, -0.25) is 9.69 Å². The summed E-state index contributed by atoms with van der Waals surface area (Å²) >= 11 is 0. The molecule has 22 heavy (non-hydrogen) atoms. The number of hydrogen-bond acceptors (Lipinski definition) is 4. The van der Waals surface area contributed by atoms with Crippen LogP contribution in [0.3, 0.4) is 0 Å². The van der Waals surface area contributed by atoms with Crippen molar-refractivity contribution in [1.29, 1.82) is 0 Å². The molecule has 1 heterocycles. The third-order valence-electron chi connectivity index (χ3n) is 2.80. The molecule has 0 aliphatic rings. The molecule has 0 unspecified atom stereocenters. The molecule has 0 aliphatic carbocycles. The Balaban J connectivity index is 1.91. The fourth-order valence-corrected chi connectivity index (χ4v) is 1.93. The summed E-state index contributed by atoms with van der Waals surface area (Å²) in [5, 5.41) is 2.56. The number of halogens is 2. The number of rotatable bonds is 7. The standard InChI is InChI=1S/C15H16F2N2O3/c1-19(9-11-5-4-8-21-11)10-14(20)18-12-6-2-3-7-13(12)22-15(16)17/h2-8,15H,9-10H2,1H3,(H,18,20). The molecule has 0 spiro atoms. The molecule has 0 fully saturated rings. The van der Waals surface area contributed by atoms with E-state index in [9.17, 15) is 13.6 Å². The molecular formula is C15H16F2N2O3. The zero-order valence-electron chi connectivity index (χ0n) is 12.0. The van der Waals surface area contributed by atoms with E-state index in [4.69, 9.17) is 4.42 Å². The van der Waals surface area contributed by atoms with E-state index >= 15 is 0 Å². The summed E-state index contributed by atoms with van der Waals surface area (Å²) in [7, 11) is 1.75. The van der Waals surface area contributed by atoms with Crippen LogP contribution < -0.4 is 10.1 Å². The number of carbonyl (C=O) groups excluding carboxylic acids is 1. The largest absolute Gasteiger partial charge is 0.468 e. The highest BCUT2D eigenvalue weighted by Crippen LogP contribution is 2.25. The van der Waals surface area contributed by atoms with Crippen LogP contribution in [0.15, 0.2) is 47.1 Å². The Kier molecular flexibility index (Phi) is 5.48. The van der Waals surface area contributed by atoms with Gasteiger partial charge in [-0.1, -0.05) is 12.1 Å². The molecule has 1 N–H and O–H groups in total. The number of hydrogen-bond donors (Lipinski definition) is 1. The Labute approximate surface area is 126 Å². The Morgan fingerprint density at radius 1 is 1.32 bits per heavy atom. The highest BCUT2D eigenvalue weighted by Gasteiger charge is 2.13. The first-order valence-electron chi connectivity index (χ1n) is 6.59. The van der Waals surface area contributed by atoms with Gasteiger partial charge in [0.25, 0.3) is 0 Å². The second kappa shape index (κ2) is 7.56. The van der Waals surface area contributed by atoms with Gasteiger partial charge in [0.1, 0.15) is 11.5 Å². The maximum Gasteiger partial charge on any atom is 0.387 e. The lowest BCUT2D eigenvalue weighted by Gasteiger charge is -2.16. The van der Waals surface area contributed by atoms with Crippen LogP contribution in [0.1, 0.15) is 5.76 Å². The number of nitrogens with zero attached hydrogens (tertiary/aromatic N) is 1. The third-order valence-corrected chi connectivity index (χ3v) is 2.80. The molecule has 1 amide bonds. The van der Waals surface area contributed by atoms with Crippen molar-refractivity contribution < 1.29 is 22.7 Å². The number of benzene rings is 1. The number of furan rings is 1. The molecule has 2 aromatic rings. The molecule has 0 aliphatic heterocycles. The van der Waals surface area contributed by atoms with Crippen LogP contribution in [0.25, 0.3) is 0 Å². The van der Waals surface area contributed by atoms with Crippen molar-refractivity contribution in [3.05, 3.63) is 48.4 Å². The van der Waals surface area contributed by atoms with E-state index in [-0.39, 0.29) is 23.9 Å². The first-order valence-corrected chi connectivity index (χ1v) is 6.59. The minimum atomic E-state index is -2.94. The second-order valence-corrected chi connectivity index (χ2v) is 4.67. The SMILES string of the molecule is CN(CC(=O)Nc1ccccc1OC(F)F)Cc1ccco1. The fraction of sp³-hybridized carbons (Fsp3) is 0.267. The van der Waals surface area contributed by atoms with Gasteiger partial charge < -0.3 is 14.5 Å². The number of anilines is 1. The van der Waals surface area contributed by atoms with E-state index in [0.29, 0.717) is 6.54 Å². The van der Waals surface area contributed by atoms with Crippen molar-refractivity contribution in [2.75, 3.05) is 18.9 Å². The maximum absolute atomic E-state index is 12.3. The fourth-order valence-electron chi connectivity index (χ4n) is 1.93. The van der Waals surface area contributed by atoms with E-state index < -0.39 is 6.61 Å². The van der Waals surface area contributed by atoms with Gasteiger partial charge in [0.05, 0.1) is 25.0 Å². The number of para-hydroxylation sites is 2. The molecule has 0 radical (unpaired) electrons. The number of likely N-dealkylation sites (N-methyl/N-ethyl adjacent to an activating group) is 1. The molecule has 0 saturated carbocycles. The minimum absolute atomic E-state index is 0.0699. The second-order valence-electron chi connectivity index (χ2n) is 4.67. The van der Waals surface area contributed by atoms with Crippen LogP contribution in [0.5, 0.6) is 5.75 Å². The highest BCUT2D eigenvalue weighted by molar-refractivity contribution is 5.93. The smallest absolute Gasteiger partial charge is 0.387 e. The van der Waals surface area contributed by atoms with Crippen LogP contribution in [0, 0.1) is 0 Å². The van der Waals surface area contributed by atoms with Gasteiger partial charge in [0.15, 0.2) is 0 Å². The van der Waals surface area contributed by atoms with Crippen molar-refractivity contribution in [2.24, 2.45) is 0 Å². The topological polar surface area (TPSA) is 54.7 Å². The van der Waals surface area contributed by atoms with Gasteiger partial charge in [-0.2, -0.15) is 8.78 Å². The predicted octanol–water partition coefficient (Wildman–Crippen LogP) is 2.95. The summed E-state index contributed by atoms with van der Waals surface area (Å²) in [5.41, 5.74) is 0.208. The van der Waals surface area contributed by atoms with Gasteiger partial charge >= 0.3 is 6.61 Å². The number of alkyl halides is 2. The van der Waals surface area contributed by atoms with Crippen molar-refractivity contribution in [3.8, 4) is 5.75 Å². The molecule has 0 atom stereocenters. The van der Waals surface area contributed by atoms with Crippen molar-refractivity contribution >= 4 is 11.6 Å². The quantitative estimate of drug-likeness (QED) is 0.854. The Morgan fingerprint density at radius 2 is 2.09 bits per heavy atom. The van der Waals surface area contributed by atoms with Crippen LogP contribution in [-0.2, 0) is 11.3 Å². The average Bonchev–Trinajstić information content (AvgIpc) is 2.93. The molecule has 5 nitrogen and oxygen atoms in total. The Bertz CT molecular complexity index is 603. The van der Waals surface area contributed by atoms with Crippen LogP contribution in [0.4, 0.5) is 14.5 Å². The monoisotopic (exact) mass is 310 g/mol. The lowest BCUT2D eigenvalue weighted by molar-refractivity contribution is -0.117. The molecule has 1 aromatic heterocycles. The molecule has 118 valence electrons. The number of nitrogens with one attached hydrogen (secondary N) is 1. The normalized spacial score (nSPS) is 11.0. The zero-order chi connectivity index (χ0) is 15.9. The van der Waals surface area contributed by atoms with E-state index in [1.807, 2.05) is 0 Å². The van der Waals surface area contributed by atoms with Gasteiger partial charge in [-0.25, -0.2) is 0 Å². The lowest BCUT2D eigenvalue weighted by Crippen LogP contribution is -2.29. The van der Waals surface area contributed by atoms with Crippen LogP contribution in [0.2, 0.25) is 0 Å². The van der Waals surface area contributed by atoms with Crippen molar-refractivity contribution in [1.82, 2.24) is 4.90 Å². The third kappa shape index (κ3) is 4.85. The zero-order valence-corrected chi connectivity index (χ0v) is 12.0. The Morgan fingerprint density at radius 3 is 2.77 bits per heavy atom. The molecule has 7 heteroatoms. The molecular weight excluding hydrogens is 294 g/mol. The van der Waals surface area contributed by atoms with Crippen LogP contribution in [-0.4, -0.2) is 31.0 Å². The average molecular weight is 310 g/mol. The van der Waals surface area contributed by atoms with Crippen LogP contribution >= 0.6 is 0 Å².